The highest BCUT2D eigenvalue weighted by molar-refractivity contribution is 7.12. The van der Waals surface area contributed by atoms with Crippen molar-refractivity contribution in [3.05, 3.63) is 64.1 Å². The van der Waals surface area contributed by atoms with E-state index < -0.39 is 35.6 Å². The van der Waals surface area contributed by atoms with Gasteiger partial charge in [-0.15, -0.1) is 11.3 Å². The highest BCUT2D eigenvalue weighted by Gasteiger charge is 2.23. The van der Waals surface area contributed by atoms with Crippen molar-refractivity contribution in [3.63, 3.8) is 0 Å². The first-order chi connectivity index (χ1) is 16.5. The van der Waals surface area contributed by atoms with Crippen molar-refractivity contribution in [1.29, 1.82) is 5.26 Å². The maximum atomic E-state index is 14.7. The second kappa shape index (κ2) is 10.4. The lowest BCUT2D eigenvalue weighted by Gasteiger charge is -2.25. The summed E-state index contributed by atoms with van der Waals surface area (Å²) >= 11 is 1.05. The Morgan fingerprint density at radius 1 is 1.09 bits per heavy atom. The van der Waals surface area contributed by atoms with Gasteiger partial charge in [0.1, 0.15) is 23.2 Å². The second-order valence-electron chi connectivity index (χ2n) is 8.44. The minimum atomic E-state index is -1.39. The average molecular weight is 496 g/mol. The largest absolute Gasteiger partial charge is 0.487 e. The number of hydrogen-bond donors (Lipinski definition) is 3. The number of rotatable bonds is 7. The molecule has 0 unspecified atom stereocenters. The molecule has 0 fully saturated rings. The molecule has 0 spiro atoms. The quantitative estimate of drug-likeness (QED) is 0.276. The van der Waals surface area contributed by atoms with Crippen LogP contribution in [-0.4, -0.2) is 28.5 Å². The van der Waals surface area contributed by atoms with E-state index in [2.05, 4.69) is 10.6 Å². The van der Waals surface area contributed by atoms with Gasteiger partial charge >= 0.3 is 6.09 Å². The topological polar surface area (TPSA) is 129 Å². The van der Waals surface area contributed by atoms with Gasteiger partial charge in [0.05, 0.1) is 28.2 Å². The van der Waals surface area contributed by atoms with Crippen LogP contribution >= 0.6 is 11.3 Å². The molecule has 10 heteroatoms. The van der Waals surface area contributed by atoms with Gasteiger partial charge in [0.25, 0.3) is 0 Å². The summed E-state index contributed by atoms with van der Waals surface area (Å²) < 4.78 is 20.6. The first-order valence-corrected chi connectivity index (χ1v) is 11.3. The van der Waals surface area contributed by atoms with Crippen LogP contribution in [0.5, 0.6) is 5.75 Å². The van der Waals surface area contributed by atoms with Gasteiger partial charge in [-0.1, -0.05) is 18.2 Å². The van der Waals surface area contributed by atoms with Gasteiger partial charge in [-0.3, -0.25) is 14.9 Å². The number of carboxylic acid groups (broad SMARTS) is 1. The van der Waals surface area contributed by atoms with E-state index in [0.717, 1.165) is 11.3 Å². The molecule has 35 heavy (non-hydrogen) atoms. The molecule has 2 aromatic carbocycles. The highest BCUT2D eigenvalue weighted by Crippen LogP contribution is 2.40. The van der Waals surface area contributed by atoms with E-state index in [1.807, 2.05) is 6.07 Å². The van der Waals surface area contributed by atoms with Crippen molar-refractivity contribution in [2.75, 3.05) is 10.6 Å². The molecular formula is C25H22FN3O5S. The zero-order valence-corrected chi connectivity index (χ0v) is 20.0. The Labute approximate surface area is 205 Å². The van der Waals surface area contributed by atoms with Crippen LogP contribution in [0.4, 0.5) is 20.6 Å². The SMILES string of the molecule is CC(C)(C)Oc1cc(NC(=O)O)c(NC(=O)CC(=O)c2sccc2C#N)cc1-c1ccccc1F. The summed E-state index contributed by atoms with van der Waals surface area (Å²) in [5, 5.41) is 24.7. The van der Waals surface area contributed by atoms with Crippen molar-refractivity contribution in [1.82, 2.24) is 0 Å². The maximum Gasteiger partial charge on any atom is 0.409 e. The number of carbonyl (C=O) groups is 3. The molecule has 2 amide bonds. The number of thiophene rings is 1. The Hall–Kier alpha value is -4.23. The number of nitrogens with one attached hydrogen (secondary N) is 2. The van der Waals surface area contributed by atoms with E-state index in [1.165, 1.54) is 36.4 Å². The van der Waals surface area contributed by atoms with Gasteiger partial charge < -0.3 is 15.2 Å². The molecule has 0 saturated heterocycles. The third-order valence-electron chi connectivity index (χ3n) is 4.58. The Morgan fingerprint density at radius 3 is 2.40 bits per heavy atom. The molecule has 0 aliphatic heterocycles. The van der Waals surface area contributed by atoms with Crippen LogP contribution in [0.1, 0.15) is 42.4 Å². The molecule has 3 aromatic rings. The number of nitriles is 1. The van der Waals surface area contributed by atoms with Crippen LogP contribution in [0.25, 0.3) is 11.1 Å². The van der Waals surface area contributed by atoms with Gasteiger partial charge in [-0.05, 0) is 44.4 Å². The van der Waals surface area contributed by atoms with Crippen LogP contribution in [0.3, 0.4) is 0 Å². The average Bonchev–Trinajstić information content (AvgIpc) is 3.23. The number of amides is 2. The lowest BCUT2D eigenvalue weighted by atomic mass is 10.0. The summed E-state index contributed by atoms with van der Waals surface area (Å²) in [7, 11) is 0. The Balaban J connectivity index is 2.03. The van der Waals surface area contributed by atoms with Gasteiger partial charge in [0.2, 0.25) is 5.91 Å². The van der Waals surface area contributed by atoms with Gasteiger partial charge in [-0.2, -0.15) is 5.26 Å². The molecule has 8 nitrogen and oxygen atoms in total. The van der Waals surface area contributed by atoms with Gasteiger partial charge in [0, 0.05) is 17.2 Å². The molecule has 1 aromatic heterocycles. The molecule has 0 saturated carbocycles. The number of halogens is 1. The van der Waals surface area contributed by atoms with Crippen LogP contribution in [-0.2, 0) is 4.79 Å². The van der Waals surface area contributed by atoms with Crippen LogP contribution < -0.4 is 15.4 Å². The summed E-state index contributed by atoms with van der Waals surface area (Å²) in [6.45, 7) is 5.34. The van der Waals surface area contributed by atoms with Gasteiger partial charge in [-0.25, -0.2) is 9.18 Å². The van der Waals surface area contributed by atoms with E-state index in [-0.39, 0.29) is 38.7 Å². The lowest BCUT2D eigenvalue weighted by molar-refractivity contribution is -0.115. The number of ketones is 1. The van der Waals surface area contributed by atoms with Crippen LogP contribution in [0, 0.1) is 17.1 Å². The normalized spacial score (nSPS) is 10.8. The predicted octanol–water partition coefficient (Wildman–Crippen LogP) is 5.90. The molecule has 0 atom stereocenters. The second-order valence-corrected chi connectivity index (χ2v) is 9.36. The molecular weight excluding hydrogens is 473 g/mol. The third-order valence-corrected chi connectivity index (χ3v) is 5.53. The third kappa shape index (κ3) is 6.43. The molecule has 0 bridgehead atoms. The minimum absolute atomic E-state index is 0.0106. The lowest BCUT2D eigenvalue weighted by Crippen LogP contribution is -2.24. The Kier molecular flexibility index (Phi) is 7.52. The van der Waals surface area contributed by atoms with E-state index in [4.69, 9.17) is 10.00 Å². The number of benzene rings is 2. The van der Waals surface area contributed by atoms with Crippen LogP contribution in [0.15, 0.2) is 47.8 Å². The fourth-order valence-electron chi connectivity index (χ4n) is 3.24. The zero-order valence-electron chi connectivity index (χ0n) is 19.1. The number of Topliss-reactive ketones (excluding diaryl/α,β-unsaturated/α-hetero) is 1. The summed E-state index contributed by atoms with van der Waals surface area (Å²) in [5.41, 5.74) is -0.0795. The summed E-state index contributed by atoms with van der Waals surface area (Å²) in [4.78, 5) is 36.8. The summed E-state index contributed by atoms with van der Waals surface area (Å²) in [5.74, 6) is -1.63. The first kappa shape index (κ1) is 25.4. The van der Waals surface area contributed by atoms with E-state index >= 15 is 0 Å². The zero-order chi connectivity index (χ0) is 25.8. The Bertz CT molecular complexity index is 1340. The molecule has 1 heterocycles. The number of ether oxygens (including phenoxy) is 1. The smallest absolute Gasteiger partial charge is 0.409 e. The van der Waals surface area contributed by atoms with E-state index in [9.17, 15) is 23.9 Å². The van der Waals surface area contributed by atoms with E-state index in [0.29, 0.717) is 0 Å². The maximum absolute atomic E-state index is 14.7. The standard InChI is InChI=1S/C25H22FN3O5S/c1-25(2,3)34-21-11-19(29-24(32)33)18(10-16(21)15-6-4-5-7-17(15)26)28-22(31)12-20(30)23-14(13-27)8-9-35-23/h4-11,29H,12H2,1-3H3,(H,28,31)(H,32,33). The summed E-state index contributed by atoms with van der Waals surface area (Å²) in [6, 6.07) is 12.1. The first-order valence-electron chi connectivity index (χ1n) is 10.4. The molecule has 3 N–H and O–H groups in total. The van der Waals surface area contributed by atoms with Crippen molar-refractivity contribution in [2.45, 2.75) is 32.8 Å². The summed E-state index contributed by atoms with van der Waals surface area (Å²) in [6.07, 6.45) is -1.97. The van der Waals surface area contributed by atoms with Crippen molar-refractivity contribution < 1.29 is 28.6 Å². The fourth-order valence-corrected chi connectivity index (χ4v) is 4.02. The molecule has 3 rings (SSSR count). The number of nitrogens with zero attached hydrogens (tertiary/aromatic N) is 1. The monoisotopic (exact) mass is 495 g/mol. The number of anilines is 2. The van der Waals surface area contributed by atoms with Crippen LogP contribution in [0.2, 0.25) is 0 Å². The predicted molar refractivity (Wildman–Crippen MR) is 130 cm³/mol. The molecule has 180 valence electrons. The minimum Gasteiger partial charge on any atom is -0.487 e. The number of hydrogen-bond acceptors (Lipinski definition) is 6. The highest BCUT2D eigenvalue weighted by atomic mass is 32.1. The fraction of sp³-hybridized carbons (Fsp3) is 0.200. The van der Waals surface area contributed by atoms with Crippen molar-refractivity contribution >= 4 is 40.5 Å². The Morgan fingerprint density at radius 2 is 1.77 bits per heavy atom. The van der Waals surface area contributed by atoms with Crippen molar-refractivity contribution in [3.8, 4) is 22.9 Å². The van der Waals surface area contributed by atoms with Crippen molar-refractivity contribution in [2.24, 2.45) is 0 Å². The molecule has 0 aliphatic rings. The molecule has 0 radical (unpaired) electrons. The number of carbonyl (C=O) groups excluding carboxylic acids is 2. The van der Waals surface area contributed by atoms with E-state index in [1.54, 1.807) is 32.2 Å². The molecule has 0 aliphatic carbocycles. The van der Waals surface area contributed by atoms with Gasteiger partial charge in [0.15, 0.2) is 5.78 Å².